The third-order valence-electron chi connectivity index (χ3n) is 4.00. The molecule has 1 aliphatic heterocycles. The van der Waals surface area contributed by atoms with Gasteiger partial charge in [0.1, 0.15) is 0 Å². The number of nitrogens with zero attached hydrogens (tertiary/aromatic N) is 1. The van der Waals surface area contributed by atoms with Crippen LogP contribution < -0.4 is 0 Å². The molecule has 0 bridgehead atoms. The van der Waals surface area contributed by atoms with Crippen molar-refractivity contribution in [3.05, 3.63) is 0 Å². The summed E-state index contributed by atoms with van der Waals surface area (Å²) in [7, 11) is -3.34. The molecular formula is C13H23NO5S. The lowest BCUT2D eigenvalue weighted by molar-refractivity contribution is -0.0929. The topological polar surface area (TPSA) is 72.9 Å². The van der Waals surface area contributed by atoms with Crippen molar-refractivity contribution in [1.82, 2.24) is 4.90 Å². The highest BCUT2D eigenvalue weighted by Gasteiger charge is 2.54. The number of likely N-dealkylation sites (tertiary alicyclic amines) is 1. The van der Waals surface area contributed by atoms with Crippen molar-refractivity contribution in [2.45, 2.75) is 32.6 Å². The highest BCUT2D eigenvalue weighted by atomic mass is 32.2. The summed E-state index contributed by atoms with van der Waals surface area (Å²) < 4.78 is 31.7. The van der Waals surface area contributed by atoms with E-state index in [-0.39, 0.29) is 18.1 Å². The molecule has 0 aromatic rings. The van der Waals surface area contributed by atoms with Crippen molar-refractivity contribution in [3.63, 3.8) is 0 Å². The van der Waals surface area contributed by atoms with Gasteiger partial charge in [-0.05, 0) is 25.2 Å². The Bertz CT molecular complexity index is 447. The number of ether oxygens (including phenoxy) is 1. The van der Waals surface area contributed by atoms with E-state index in [0.717, 1.165) is 45.0 Å². The average Bonchev–Trinajstić information content (AvgIpc) is 2.23. The van der Waals surface area contributed by atoms with Crippen molar-refractivity contribution < 1.29 is 22.1 Å². The number of amides is 1. The van der Waals surface area contributed by atoms with E-state index in [4.69, 9.17) is 8.92 Å². The Kier molecular flexibility index (Phi) is 4.59. The standard InChI is InChI=1S/C13H23NO5S/c1-3-4-5-18-12(15)14-9-13(10-14)6-11(7-13)8-19-20(2,16)17/h11H,3-10H2,1-2H3. The van der Waals surface area contributed by atoms with Gasteiger partial charge in [-0.3, -0.25) is 4.18 Å². The molecule has 1 saturated heterocycles. The smallest absolute Gasteiger partial charge is 0.409 e. The molecule has 0 atom stereocenters. The van der Waals surface area contributed by atoms with Crippen molar-refractivity contribution in [2.75, 3.05) is 32.6 Å². The Morgan fingerprint density at radius 1 is 1.35 bits per heavy atom. The van der Waals surface area contributed by atoms with Gasteiger partial charge in [-0.25, -0.2) is 4.79 Å². The third kappa shape index (κ3) is 3.85. The number of unbranched alkanes of at least 4 members (excludes halogenated alkanes) is 1. The normalized spacial score (nSPS) is 21.4. The summed E-state index contributed by atoms with van der Waals surface area (Å²) in [6.45, 7) is 4.27. The van der Waals surface area contributed by atoms with Gasteiger partial charge in [-0.1, -0.05) is 13.3 Å². The number of carbonyl (C=O) groups is 1. The summed E-state index contributed by atoms with van der Waals surface area (Å²) in [5.74, 6) is 0.294. The van der Waals surface area contributed by atoms with Gasteiger partial charge in [0.05, 0.1) is 19.5 Å². The van der Waals surface area contributed by atoms with Crippen molar-refractivity contribution in [1.29, 1.82) is 0 Å². The molecule has 0 N–H and O–H groups in total. The monoisotopic (exact) mass is 305 g/mol. The summed E-state index contributed by atoms with van der Waals surface area (Å²) >= 11 is 0. The van der Waals surface area contributed by atoms with E-state index < -0.39 is 10.1 Å². The summed E-state index contributed by atoms with van der Waals surface area (Å²) in [6.07, 6.45) is 4.62. The van der Waals surface area contributed by atoms with Crippen LogP contribution in [0.2, 0.25) is 0 Å². The molecule has 2 aliphatic rings. The number of hydrogen-bond acceptors (Lipinski definition) is 5. The summed E-state index contributed by atoms with van der Waals surface area (Å²) in [5, 5.41) is 0. The van der Waals surface area contributed by atoms with Crippen LogP contribution in [0.4, 0.5) is 4.79 Å². The first-order valence-corrected chi connectivity index (χ1v) is 8.91. The van der Waals surface area contributed by atoms with Crippen molar-refractivity contribution in [2.24, 2.45) is 11.3 Å². The average molecular weight is 305 g/mol. The van der Waals surface area contributed by atoms with E-state index >= 15 is 0 Å². The van der Waals surface area contributed by atoms with E-state index in [2.05, 4.69) is 6.92 Å². The molecule has 1 aliphatic carbocycles. The van der Waals surface area contributed by atoms with Crippen molar-refractivity contribution >= 4 is 16.2 Å². The molecule has 2 rings (SSSR count). The fraction of sp³-hybridized carbons (Fsp3) is 0.923. The molecule has 7 heteroatoms. The van der Waals surface area contributed by atoms with E-state index in [1.54, 1.807) is 4.90 Å². The second-order valence-corrected chi connectivity index (χ2v) is 7.73. The molecule has 0 unspecified atom stereocenters. The highest BCUT2D eigenvalue weighted by Crippen LogP contribution is 2.52. The molecule has 1 saturated carbocycles. The lowest BCUT2D eigenvalue weighted by Crippen LogP contribution is -2.64. The predicted octanol–water partition coefficient (Wildman–Crippen LogP) is 1.61. The SMILES string of the molecule is CCCCOC(=O)N1CC2(CC(COS(C)(=O)=O)C2)C1. The van der Waals surface area contributed by atoms with E-state index in [1.165, 1.54) is 0 Å². The second kappa shape index (κ2) is 5.89. The van der Waals surface area contributed by atoms with Gasteiger partial charge in [0.15, 0.2) is 0 Å². The highest BCUT2D eigenvalue weighted by molar-refractivity contribution is 7.85. The van der Waals surface area contributed by atoms with Gasteiger partial charge in [-0.2, -0.15) is 8.42 Å². The largest absolute Gasteiger partial charge is 0.449 e. The first-order valence-electron chi connectivity index (χ1n) is 7.10. The molecule has 1 amide bonds. The summed E-state index contributed by atoms with van der Waals surface area (Å²) in [5.41, 5.74) is 0.190. The van der Waals surface area contributed by atoms with Gasteiger partial charge < -0.3 is 9.64 Å². The third-order valence-corrected chi connectivity index (χ3v) is 4.56. The zero-order chi connectivity index (χ0) is 14.8. The second-order valence-electron chi connectivity index (χ2n) is 6.09. The minimum absolute atomic E-state index is 0.190. The molecule has 20 heavy (non-hydrogen) atoms. The van der Waals surface area contributed by atoms with Gasteiger partial charge in [0, 0.05) is 18.5 Å². The zero-order valence-electron chi connectivity index (χ0n) is 12.1. The Hall–Kier alpha value is -0.820. The number of hydrogen-bond donors (Lipinski definition) is 0. The molecule has 6 nitrogen and oxygen atoms in total. The van der Waals surface area contributed by atoms with Crippen LogP contribution in [0.3, 0.4) is 0 Å². The van der Waals surface area contributed by atoms with Crippen LogP contribution >= 0.6 is 0 Å². The minimum atomic E-state index is -3.34. The molecular weight excluding hydrogens is 282 g/mol. The molecule has 116 valence electrons. The molecule has 2 fully saturated rings. The van der Waals surface area contributed by atoms with E-state index in [1.807, 2.05) is 0 Å². The van der Waals surface area contributed by atoms with Crippen LogP contribution in [-0.4, -0.2) is 52.0 Å². The lowest BCUT2D eigenvalue weighted by Gasteiger charge is -2.58. The van der Waals surface area contributed by atoms with Crippen molar-refractivity contribution in [3.8, 4) is 0 Å². The fourth-order valence-electron chi connectivity index (χ4n) is 3.05. The van der Waals surface area contributed by atoms with Crippen LogP contribution in [0.5, 0.6) is 0 Å². The maximum atomic E-state index is 11.7. The first-order chi connectivity index (χ1) is 9.34. The van der Waals surface area contributed by atoms with Crippen LogP contribution in [-0.2, 0) is 19.0 Å². The van der Waals surface area contributed by atoms with Crippen LogP contribution in [0.1, 0.15) is 32.6 Å². The maximum absolute atomic E-state index is 11.7. The van der Waals surface area contributed by atoms with Gasteiger partial charge in [-0.15, -0.1) is 0 Å². The van der Waals surface area contributed by atoms with E-state index in [9.17, 15) is 13.2 Å². The lowest BCUT2D eigenvalue weighted by atomic mass is 9.58. The summed E-state index contributed by atoms with van der Waals surface area (Å²) in [4.78, 5) is 13.4. The predicted molar refractivity (Wildman–Crippen MR) is 73.8 cm³/mol. The Labute approximate surface area is 120 Å². The Morgan fingerprint density at radius 3 is 2.55 bits per heavy atom. The van der Waals surface area contributed by atoms with Gasteiger partial charge in [0.2, 0.25) is 0 Å². The number of rotatable bonds is 6. The molecule has 0 radical (unpaired) electrons. The van der Waals surface area contributed by atoms with E-state index in [0.29, 0.717) is 12.5 Å². The summed E-state index contributed by atoms with van der Waals surface area (Å²) in [6, 6.07) is 0. The van der Waals surface area contributed by atoms with Crippen LogP contribution in [0.15, 0.2) is 0 Å². The number of carbonyl (C=O) groups excluding carboxylic acids is 1. The van der Waals surface area contributed by atoms with Gasteiger partial charge in [0.25, 0.3) is 10.1 Å². The molecule has 0 aromatic carbocycles. The molecule has 1 heterocycles. The molecule has 0 aromatic heterocycles. The first kappa shape index (κ1) is 15.6. The minimum Gasteiger partial charge on any atom is -0.449 e. The van der Waals surface area contributed by atoms with Crippen LogP contribution in [0.25, 0.3) is 0 Å². The Balaban J connectivity index is 1.62. The quantitative estimate of drug-likeness (QED) is 0.550. The Morgan fingerprint density at radius 2 is 2.00 bits per heavy atom. The fourth-order valence-corrected chi connectivity index (χ4v) is 3.49. The van der Waals surface area contributed by atoms with Crippen LogP contribution in [0, 0.1) is 11.3 Å². The molecule has 1 spiro atoms. The zero-order valence-corrected chi connectivity index (χ0v) is 12.9. The maximum Gasteiger partial charge on any atom is 0.409 e. The van der Waals surface area contributed by atoms with Gasteiger partial charge >= 0.3 is 6.09 Å².